The van der Waals surface area contributed by atoms with Crippen molar-refractivity contribution in [1.82, 2.24) is 15.1 Å². The van der Waals surface area contributed by atoms with Crippen LogP contribution in [0, 0.1) is 0 Å². The van der Waals surface area contributed by atoms with Crippen LogP contribution in [-0.2, 0) is 27.7 Å². The highest BCUT2D eigenvalue weighted by molar-refractivity contribution is 7.92. The molecule has 30 heavy (non-hydrogen) atoms. The van der Waals surface area contributed by atoms with E-state index in [4.69, 9.17) is 0 Å². The molecule has 0 bridgehead atoms. The zero-order valence-electron chi connectivity index (χ0n) is 17.3. The first kappa shape index (κ1) is 21.8. The van der Waals surface area contributed by atoms with Crippen LogP contribution in [0.15, 0.2) is 67.0 Å². The van der Waals surface area contributed by atoms with Gasteiger partial charge in [0.2, 0.25) is 5.91 Å². The highest BCUT2D eigenvalue weighted by atomic mass is 32.2. The summed E-state index contributed by atoms with van der Waals surface area (Å²) in [7, 11) is -3.42. The van der Waals surface area contributed by atoms with Crippen molar-refractivity contribution < 1.29 is 13.2 Å². The number of carbonyl (C=O) groups is 1. The van der Waals surface area contributed by atoms with Crippen molar-refractivity contribution >= 4 is 15.7 Å². The minimum absolute atomic E-state index is 0.0169. The average molecular weight is 426 g/mol. The van der Waals surface area contributed by atoms with Gasteiger partial charge in [0.1, 0.15) is 5.25 Å². The number of nitrogens with one attached hydrogen (secondary N) is 1. The molecule has 1 heterocycles. The number of hydrogen-bond donors (Lipinski definition) is 1. The molecule has 6 nitrogen and oxygen atoms in total. The van der Waals surface area contributed by atoms with Crippen molar-refractivity contribution in [2.24, 2.45) is 0 Å². The van der Waals surface area contributed by atoms with Gasteiger partial charge >= 0.3 is 0 Å². The highest BCUT2D eigenvalue weighted by Crippen LogP contribution is 2.24. The highest BCUT2D eigenvalue weighted by Gasteiger charge is 2.26. The van der Waals surface area contributed by atoms with Gasteiger partial charge in [0, 0.05) is 18.9 Å². The van der Waals surface area contributed by atoms with Crippen LogP contribution >= 0.6 is 0 Å². The van der Waals surface area contributed by atoms with Crippen molar-refractivity contribution in [1.29, 1.82) is 0 Å². The van der Waals surface area contributed by atoms with Gasteiger partial charge in [0.25, 0.3) is 0 Å². The lowest BCUT2D eigenvalue weighted by Crippen LogP contribution is -2.38. The van der Waals surface area contributed by atoms with Crippen molar-refractivity contribution in [2.75, 3.05) is 5.75 Å². The molecule has 158 valence electrons. The van der Waals surface area contributed by atoms with E-state index >= 15 is 0 Å². The van der Waals surface area contributed by atoms with Crippen molar-refractivity contribution in [2.45, 2.75) is 38.6 Å². The maximum absolute atomic E-state index is 12.4. The number of nitrogens with zero attached hydrogens (tertiary/aromatic N) is 2. The van der Waals surface area contributed by atoms with Crippen molar-refractivity contribution in [3.63, 3.8) is 0 Å². The van der Waals surface area contributed by atoms with Crippen LogP contribution in [0.2, 0.25) is 0 Å². The first-order valence-corrected chi connectivity index (χ1v) is 11.8. The van der Waals surface area contributed by atoms with E-state index in [1.165, 1.54) is 6.92 Å². The molecule has 3 aromatic rings. The molecule has 0 saturated carbocycles. The largest absolute Gasteiger partial charge is 0.351 e. The number of amides is 1. The third-order valence-electron chi connectivity index (χ3n) is 5.04. The molecule has 0 spiro atoms. The topological polar surface area (TPSA) is 81.1 Å². The molecule has 7 heteroatoms. The normalized spacial score (nSPS) is 12.5. The lowest BCUT2D eigenvalue weighted by molar-refractivity contribution is -0.120. The summed E-state index contributed by atoms with van der Waals surface area (Å²) in [6, 6.07) is 17.9. The maximum atomic E-state index is 12.4. The second kappa shape index (κ2) is 9.71. The molecule has 0 radical (unpaired) electrons. The molecular formula is C23H27N3O3S. The molecule has 1 unspecified atom stereocenters. The summed E-state index contributed by atoms with van der Waals surface area (Å²) in [5.41, 5.74) is 4.12. The van der Waals surface area contributed by atoms with Crippen LogP contribution in [0.5, 0.6) is 0 Å². The molecule has 0 aliphatic carbocycles. The Morgan fingerprint density at radius 3 is 2.50 bits per heavy atom. The lowest BCUT2D eigenvalue weighted by atomic mass is 9.98. The van der Waals surface area contributed by atoms with E-state index in [1.807, 2.05) is 53.3 Å². The number of carbonyl (C=O) groups excluding carboxylic acids is 1. The fourth-order valence-corrected chi connectivity index (χ4v) is 4.61. The zero-order chi connectivity index (χ0) is 21.6. The summed E-state index contributed by atoms with van der Waals surface area (Å²) >= 11 is 0. The van der Waals surface area contributed by atoms with Gasteiger partial charge in [0.05, 0.1) is 12.3 Å². The monoisotopic (exact) mass is 425 g/mol. The minimum Gasteiger partial charge on any atom is -0.351 e. The zero-order valence-corrected chi connectivity index (χ0v) is 18.1. The van der Waals surface area contributed by atoms with Gasteiger partial charge in [0.15, 0.2) is 9.84 Å². The van der Waals surface area contributed by atoms with Gasteiger partial charge in [-0.25, -0.2) is 8.42 Å². The van der Waals surface area contributed by atoms with E-state index < -0.39 is 21.0 Å². The molecule has 1 amide bonds. The number of benzene rings is 2. The Hall–Kier alpha value is -2.93. The van der Waals surface area contributed by atoms with Crippen molar-refractivity contribution in [3.05, 3.63) is 78.1 Å². The quantitative estimate of drug-likeness (QED) is 0.570. The van der Waals surface area contributed by atoms with Crippen LogP contribution in [0.1, 0.15) is 31.4 Å². The molecule has 0 saturated heterocycles. The Kier molecular flexibility index (Phi) is 7.05. The van der Waals surface area contributed by atoms with Gasteiger partial charge in [-0.05, 0) is 41.7 Å². The third kappa shape index (κ3) is 5.36. The van der Waals surface area contributed by atoms with E-state index in [0.717, 1.165) is 22.3 Å². The Morgan fingerprint density at radius 1 is 1.10 bits per heavy atom. The number of aromatic nitrogens is 2. The van der Waals surface area contributed by atoms with Crippen LogP contribution in [0.3, 0.4) is 0 Å². The molecule has 1 atom stereocenters. The molecule has 3 rings (SSSR count). The first-order chi connectivity index (χ1) is 14.4. The van der Waals surface area contributed by atoms with E-state index in [1.54, 1.807) is 13.1 Å². The first-order valence-electron chi connectivity index (χ1n) is 10.0. The van der Waals surface area contributed by atoms with E-state index in [2.05, 4.69) is 22.5 Å². The second-order valence-corrected chi connectivity index (χ2v) is 9.73. The Morgan fingerprint density at radius 2 is 1.83 bits per heavy atom. The Balaban J connectivity index is 1.71. The summed E-state index contributed by atoms with van der Waals surface area (Å²) in [5, 5.41) is 5.96. The Bertz CT molecular complexity index is 1080. The fraction of sp³-hybridized carbons (Fsp3) is 0.304. The van der Waals surface area contributed by atoms with Crippen LogP contribution < -0.4 is 5.32 Å². The summed E-state index contributed by atoms with van der Waals surface area (Å²) < 4.78 is 26.2. The van der Waals surface area contributed by atoms with E-state index in [9.17, 15) is 13.2 Å². The Labute approximate surface area is 177 Å². The van der Waals surface area contributed by atoms with Gasteiger partial charge in [-0.1, -0.05) is 55.5 Å². The predicted molar refractivity (Wildman–Crippen MR) is 119 cm³/mol. The van der Waals surface area contributed by atoms with Gasteiger partial charge in [-0.3, -0.25) is 9.48 Å². The summed E-state index contributed by atoms with van der Waals surface area (Å²) in [6.45, 7) is 4.22. The van der Waals surface area contributed by atoms with Crippen LogP contribution in [-0.4, -0.2) is 35.1 Å². The molecule has 0 aliphatic heterocycles. The molecule has 2 aromatic carbocycles. The standard InChI is InChI=1S/C23H27N3O3S/c1-3-15-30(28,29)18(2)23(27)24-16-21-7-4-5-8-22(21)20-11-9-19(10-12-20)17-26-14-6-13-25-26/h4-14,18H,3,15-17H2,1-2H3,(H,24,27). The predicted octanol–water partition coefficient (Wildman–Crippen LogP) is 3.43. The van der Waals surface area contributed by atoms with E-state index in [-0.39, 0.29) is 12.3 Å². The average Bonchev–Trinajstić information content (AvgIpc) is 3.25. The fourth-order valence-electron chi connectivity index (χ4n) is 3.28. The molecule has 0 fully saturated rings. The number of rotatable bonds is 9. The van der Waals surface area contributed by atoms with Crippen molar-refractivity contribution in [3.8, 4) is 11.1 Å². The summed E-state index contributed by atoms with van der Waals surface area (Å²) in [5.74, 6) is -0.448. The van der Waals surface area contributed by atoms with Gasteiger partial charge in [-0.2, -0.15) is 5.10 Å². The third-order valence-corrected chi connectivity index (χ3v) is 7.30. The summed E-state index contributed by atoms with van der Waals surface area (Å²) in [6.07, 6.45) is 4.18. The molecule has 1 N–H and O–H groups in total. The van der Waals surface area contributed by atoms with Gasteiger partial charge in [-0.15, -0.1) is 0 Å². The SMILES string of the molecule is CCCS(=O)(=O)C(C)C(=O)NCc1ccccc1-c1ccc(Cn2cccn2)cc1. The van der Waals surface area contributed by atoms with Crippen LogP contribution in [0.25, 0.3) is 11.1 Å². The van der Waals surface area contributed by atoms with Crippen LogP contribution in [0.4, 0.5) is 0 Å². The van der Waals surface area contributed by atoms with Gasteiger partial charge < -0.3 is 5.32 Å². The molecule has 1 aromatic heterocycles. The lowest BCUT2D eigenvalue weighted by Gasteiger charge is -2.15. The van der Waals surface area contributed by atoms with E-state index in [0.29, 0.717) is 13.0 Å². The summed E-state index contributed by atoms with van der Waals surface area (Å²) in [4.78, 5) is 12.4. The number of sulfone groups is 1. The molecule has 0 aliphatic rings. The molecular weight excluding hydrogens is 398 g/mol. The number of hydrogen-bond acceptors (Lipinski definition) is 4. The minimum atomic E-state index is -3.42. The smallest absolute Gasteiger partial charge is 0.238 e. The second-order valence-electron chi connectivity index (χ2n) is 7.28. The maximum Gasteiger partial charge on any atom is 0.238 e.